The molecule has 1 fully saturated rings. The summed E-state index contributed by atoms with van der Waals surface area (Å²) in [6, 6.07) is 8.08. The molecule has 1 aromatic carbocycles. The Balaban J connectivity index is 1.82. The fourth-order valence-corrected chi connectivity index (χ4v) is 2.19. The Morgan fingerprint density at radius 1 is 1.31 bits per heavy atom. The van der Waals surface area contributed by atoms with Crippen molar-refractivity contribution in [3.8, 4) is 0 Å². The molecule has 0 saturated heterocycles. The van der Waals surface area contributed by atoms with Crippen LogP contribution in [0.4, 0.5) is 0 Å². The zero-order valence-electron chi connectivity index (χ0n) is 9.12. The minimum absolute atomic E-state index is 0.130. The van der Waals surface area contributed by atoms with Crippen LogP contribution in [-0.4, -0.2) is 11.9 Å². The predicted octanol–water partition coefficient (Wildman–Crippen LogP) is 3.48. The number of carbonyl (C=O) groups excluding carboxylic acids is 1. The van der Waals surface area contributed by atoms with Crippen LogP contribution in [0.15, 0.2) is 28.7 Å². The summed E-state index contributed by atoms with van der Waals surface area (Å²) in [5.74, 6) is 0.340. The van der Waals surface area contributed by atoms with Gasteiger partial charge in [0.25, 0.3) is 0 Å². The third kappa shape index (κ3) is 3.42. The minimum atomic E-state index is 0.130. The van der Waals surface area contributed by atoms with Crippen molar-refractivity contribution in [2.24, 2.45) is 0 Å². The molecule has 1 aliphatic rings. The first-order chi connectivity index (χ1) is 7.74. The molecule has 0 amide bonds. The average molecular weight is 283 g/mol. The van der Waals surface area contributed by atoms with Gasteiger partial charge in [-0.3, -0.25) is 4.79 Å². The summed E-state index contributed by atoms with van der Waals surface area (Å²) >= 11 is 3.40. The number of hydrogen-bond acceptors (Lipinski definition) is 2. The second kappa shape index (κ2) is 5.60. The predicted molar refractivity (Wildman–Crippen MR) is 66.2 cm³/mol. The van der Waals surface area contributed by atoms with E-state index in [0.717, 1.165) is 29.3 Å². The second-order valence-electron chi connectivity index (χ2n) is 4.19. The molecule has 0 heterocycles. The Labute approximate surface area is 104 Å². The number of halogens is 1. The van der Waals surface area contributed by atoms with Crippen LogP contribution < -0.4 is 0 Å². The standard InChI is InChI=1S/C13H15BrO2/c14-11-6-4-10(5-7-11)9-16-13-3-1-2-12(15)8-13/h4-7,13H,1-3,8-9H2. The van der Waals surface area contributed by atoms with Crippen molar-refractivity contribution in [1.29, 1.82) is 0 Å². The smallest absolute Gasteiger partial charge is 0.135 e. The van der Waals surface area contributed by atoms with E-state index in [1.54, 1.807) is 0 Å². The van der Waals surface area contributed by atoms with E-state index in [2.05, 4.69) is 15.9 Å². The summed E-state index contributed by atoms with van der Waals surface area (Å²) in [5.41, 5.74) is 1.15. The molecule has 2 nitrogen and oxygen atoms in total. The van der Waals surface area contributed by atoms with E-state index in [1.807, 2.05) is 24.3 Å². The van der Waals surface area contributed by atoms with Crippen molar-refractivity contribution in [2.45, 2.75) is 38.4 Å². The molecule has 0 radical (unpaired) electrons. The maximum Gasteiger partial charge on any atom is 0.135 e. The van der Waals surface area contributed by atoms with Crippen molar-refractivity contribution >= 4 is 21.7 Å². The highest BCUT2D eigenvalue weighted by atomic mass is 79.9. The fraction of sp³-hybridized carbons (Fsp3) is 0.462. The van der Waals surface area contributed by atoms with Crippen LogP contribution in [0.1, 0.15) is 31.2 Å². The van der Waals surface area contributed by atoms with Gasteiger partial charge >= 0.3 is 0 Å². The van der Waals surface area contributed by atoms with Crippen LogP contribution in [0.25, 0.3) is 0 Å². The van der Waals surface area contributed by atoms with Gasteiger partial charge in [-0.05, 0) is 30.5 Å². The van der Waals surface area contributed by atoms with Crippen molar-refractivity contribution in [3.05, 3.63) is 34.3 Å². The van der Waals surface area contributed by atoms with Gasteiger partial charge in [0.2, 0.25) is 0 Å². The summed E-state index contributed by atoms with van der Waals surface area (Å²) in [5, 5.41) is 0. The van der Waals surface area contributed by atoms with Crippen LogP contribution >= 0.6 is 15.9 Å². The molecule has 0 spiro atoms. The van der Waals surface area contributed by atoms with Gasteiger partial charge in [-0.15, -0.1) is 0 Å². The summed E-state index contributed by atoms with van der Waals surface area (Å²) in [4.78, 5) is 11.2. The third-order valence-electron chi connectivity index (χ3n) is 2.84. The molecule has 86 valence electrons. The quantitative estimate of drug-likeness (QED) is 0.849. The number of Topliss-reactive ketones (excluding diaryl/α,β-unsaturated/α-hetero) is 1. The van der Waals surface area contributed by atoms with E-state index in [1.165, 1.54) is 0 Å². The Bertz CT molecular complexity index is 359. The van der Waals surface area contributed by atoms with Crippen LogP contribution in [0.3, 0.4) is 0 Å². The van der Waals surface area contributed by atoms with Crippen molar-refractivity contribution in [3.63, 3.8) is 0 Å². The number of hydrogen-bond donors (Lipinski definition) is 0. The third-order valence-corrected chi connectivity index (χ3v) is 3.36. The normalized spacial score (nSPS) is 21.1. The van der Waals surface area contributed by atoms with Gasteiger partial charge in [-0.1, -0.05) is 28.1 Å². The molecular weight excluding hydrogens is 268 g/mol. The molecule has 0 bridgehead atoms. The Hall–Kier alpha value is -0.670. The van der Waals surface area contributed by atoms with Gasteiger partial charge < -0.3 is 4.74 Å². The van der Waals surface area contributed by atoms with E-state index in [-0.39, 0.29) is 6.10 Å². The zero-order chi connectivity index (χ0) is 11.4. The summed E-state index contributed by atoms with van der Waals surface area (Å²) in [6.45, 7) is 0.602. The van der Waals surface area contributed by atoms with Gasteiger partial charge in [-0.25, -0.2) is 0 Å². The SMILES string of the molecule is O=C1CCCC(OCc2ccc(Br)cc2)C1. The molecule has 0 N–H and O–H groups in total. The molecule has 1 saturated carbocycles. The summed E-state index contributed by atoms with van der Waals surface area (Å²) < 4.78 is 6.82. The van der Waals surface area contributed by atoms with Crippen LogP contribution in [0.5, 0.6) is 0 Å². The lowest BCUT2D eigenvalue weighted by atomic mass is 9.96. The highest BCUT2D eigenvalue weighted by Gasteiger charge is 2.19. The van der Waals surface area contributed by atoms with Gasteiger partial charge in [0.1, 0.15) is 5.78 Å². The Kier molecular flexibility index (Phi) is 4.13. The molecule has 1 atom stereocenters. The second-order valence-corrected chi connectivity index (χ2v) is 5.11. The first-order valence-electron chi connectivity index (χ1n) is 5.62. The molecule has 16 heavy (non-hydrogen) atoms. The topological polar surface area (TPSA) is 26.3 Å². The lowest BCUT2D eigenvalue weighted by Crippen LogP contribution is -2.22. The number of benzene rings is 1. The van der Waals surface area contributed by atoms with E-state index in [0.29, 0.717) is 18.8 Å². The van der Waals surface area contributed by atoms with Crippen molar-refractivity contribution < 1.29 is 9.53 Å². The van der Waals surface area contributed by atoms with Gasteiger partial charge in [0.05, 0.1) is 12.7 Å². The van der Waals surface area contributed by atoms with E-state index < -0.39 is 0 Å². The maximum atomic E-state index is 11.2. The summed E-state index contributed by atoms with van der Waals surface area (Å²) in [6.07, 6.45) is 3.45. The number of rotatable bonds is 3. The summed E-state index contributed by atoms with van der Waals surface area (Å²) in [7, 11) is 0. The molecule has 1 aliphatic carbocycles. The van der Waals surface area contributed by atoms with Gasteiger partial charge in [-0.2, -0.15) is 0 Å². The van der Waals surface area contributed by atoms with E-state index in [9.17, 15) is 4.79 Å². The van der Waals surface area contributed by atoms with Crippen LogP contribution in [-0.2, 0) is 16.1 Å². The molecule has 1 aromatic rings. The van der Waals surface area contributed by atoms with E-state index >= 15 is 0 Å². The molecule has 0 aromatic heterocycles. The number of ether oxygens (including phenoxy) is 1. The maximum absolute atomic E-state index is 11.2. The zero-order valence-corrected chi connectivity index (χ0v) is 10.7. The monoisotopic (exact) mass is 282 g/mol. The van der Waals surface area contributed by atoms with Gasteiger partial charge in [0, 0.05) is 17.3 Å². The lowest BCUT2D eigenvalue weighted by Gasteiger charge is -2.21. The number of carbonyl (C=O) groups is 1. The van der Waals surface area contributed by atoms with Crippen LogP contribution in [0.2, 0.25) is 0 Å². The molecule has 0 aliphatic heterocycles. The molecule has 2 rings (SSSR count). The minimum Gasteiger partial charge on any atom is -0.373 e. The first-order valence-corrected chi connectivity index (χ1v) is 6.41. The fourth-order valence-electron chi connectivity index (χ4n) is 1.92. The Morgan fingerprint density at radius 2 is 2.06 bits per heavy atom. The Morgan fingerprint density at radius 3 is 2.75 bits per heavy atom. The van der Waals surface area contributed by atoms with Crippen LogP contribution in [0, 0.1) is 0 Å². The first kappa shape index (κ1) is 11.8. The van der Waals surface area contributed by atoms with Gasteiger partial charge in [0.15, 0.2) is 0 Å². The van der Waals surface area contributed by atoms with E-state index in [4.69, 9.17) is 4.74 Å². The molecule has 1 unspecified atom stereocenters. The average Bonchev–Trinajstić information content (AvgIpc) is 2.28. The largest absolute Gasteiger partial charge is 0.373 e. The molecule has 3 heteroatoms. The lowest BCUT2D eigenvalue weighted by molar-refractivity contribution is -0.124. The number of ketones is 1. The highest BCUT2D eigenvalue weighted by Crippen LogP contribution is 2.19. The highest BCUT2D eigenvalue weighted by molar-refractivity contribution is 9.10. The van der Waals surface area contributed by atoms with Crippen molar-refractivity contribution in [1.82, 2.24) is 0 Å². The van der Waals surface area contributed by atoms with Crippen molar-refractivity contribution in [2.75, 3.05) is 0 Å². The molecular formula is C13H15BrO2.